The van der Waals surface area contributed by atoms with Gasteiger partial charge >= 0.3 is 5.97 Å². The Morgan fingerprint density at radius 3 is 2.18 bits per heavy atom. The van der Waals surface area contributed by atoms with Crippen molar-refractivity contribution in [2.45, 2.75) is 57.2 Å². The van der Waals surface area contributed by atoms with E-state index in [-0.39, 0.29) is 5.92 Å². The summed E-state index contributed by atoms with van der Waals surface area (Å²) in [5, 5.41) is 8.56. The number of sulfonamides is 1. The molecular formula is C11H21NO4S. The Morgan fingerprint density at radius 2 is 1.76 bits per heavy atom. The number of rotatable bonds is 5. The minimum Gasteiger partial charge on any atom is -0.480 e. The summed E-state index contributed by atoms with van der Waals surface area (Å²) in [5.41, 5.74) is 0. The second-order valence-electron chi connectivity index (χ2n) is 4.98. The number of nitrogens with one attached hydrogen (secondary N) is 1. The molecule has 0 unspecified atom stereocenters. The van der Waals surface area contributed by atoms with Crippen molar-refractivity contribution >= 4 is 16.0 Å². The van der Waals surface area contributed by atoms with Crippen molar-refractivity contribution in [3.05, 3.63) is 0 Å². The quantitative estimate of drug-likeness (QED) is 0.784. The molecule has 2 N–H and O–H groups in total. The first-order chi connectivity index (χ1) is 7.84. The van der Waals surface area contributed by atoms with E-state index in [0.29, 0.717) is 12.8 Å². The minimum atomic E-state index is -3.50. The lowest BCUT2D eigenvalue weighted by molar-refractivity contribution is -0.140. The number of carbonyl (C=O) groups is 1. The molecule has 1 aliphatic rings. The normalized spacial score (nSPS) is 20.4. The fourth-order valence-electron chi connectivity index (χ4n) is 2.12. The number of aliphatic carboxylic acids is 1. The van der Waals surface area contributed by atoms with E-state index >= 15 is 0 Å². The van der Waals surface area contributed by atoms with Crippen LogP contribution in [-0.2, 0) is 14.8 Å². The minimum absolute atomic E-state index is 0.258. The average Bonchev–Trinajstić information content (AvgIpc) is 2.26. The van der Waals surface area contributed by atoms with Crippen LogP contribution in [0.1, 0.15) is 46.0 Å². The van der Waals surface area contributed by atoms with Gasteiger partial charge in [0.15, 0.2) is 0 Å². The molecule has 100 valence electrons. The van der Waals surface area contributed by atoms with Crippen LogP contribution in [0.5, 0.6) is 0 Å². The van der Waals surface area contributed by atoms with Crippen LogP contribution in [0.25, 0.3) is 0 Å². The van der Waals surface area contributed by atoms with Crippen LogP contribution in [-0.4, -0.2) is 30.8 Å². The maximum absolute atomic E-state index is 12.0. The second kappa shape index (κ2) is 5.82. The van der Waals surface area contributed by atoms with E-state index in [1.165, 1.54) is 0 Å². The SMILES string of the molecule is CC(C)[C@@H](NS(=O)(=O)C1CCCCC1)C(=O)O. The Kier molecular flexibility index (Phi) is 4.94. The Morgan fingerprint density at radius 1 is 1.24 bits per heavy atom. The largest absolute Gasteiger partial charge is 0.480 e. The van der Waals surface area contributed by atoms with Crippen molar-refractivity contribution in [1.29, 1.82) is 0 Å². The molecule has 5 nitrogen and oxygen atoms in total. The summed E-state index contributed by atoms with van der Waals surface area (Å²) in [7, 11) is -3.50. The third-order valence-electron chi connectivity index (χ3n) is 3.21. The molecule has 0 bridgehead atoms. The molecule has 17 heavy (non-hydrogen) atoms. The summed E-state index contributed by atoms with van der Waals surface area (Å²) < 4.78 is 26.4. The van der Waals surface area contributed by atoms with Gasteiger partial charge in [-0.1, -0.05) is 33.1 Å². The lowest BCUT2D eigenvalue weighted by Gasteiger charge is -2.25. The third-order valence-corrected chi connectivity index (χ3v) is 5.15. The summed E-state index contributed by atoms with van der Waals surface area (Å²) in [4.78, 5) is 11.0. The number of carboxylic acid groups (broad SMARTS) is 1. The predicted molar refractivity (Wildman–Crippen MR) is 65.2 cm³/mol. The molecule has 1 rings (SSSR count). The number of hydrogen-bond donors (Lipinski definition) is 2. The van der Waals surface area contributed by atoms with Gasteiger partial charge in [-0.2, -0.15) is 0 Å². The van der Waals surface area contributed by atoms with Crippen LogP contribution in [0.2, 0.25) is 0 Å². The number of hydrogen-bond acceptors (Lipinski definition) is 3. The monoisotopic (exact) mass is 263 g/mol. The molecular weight excluding hydrogens is 242 g/mol. The smallest absolute Gasteiger partial charge is 0.321 e. The number of carboxylic acids is 1. The van der Waals surface area contributed by atoms with Crippen molar-refractivity contribution in [3.8, 4) is 0 Å². The molecule has 1 saturated carbocycles. The Bertz CT molecular complexity index is 358. The first-order valence-electron chi connectivity index (χ1n) is 6.08. The standard InChI is InChI=1S/C11H21NO4S/c1-8(2)10(11(13)14)12-17(15,16)9-6-4-3-5-7-9/h8-10,12H,3-7H2,1-2H3,(H,13,14)/t10-/m1/s1. The van der Waals surface area contributed by atoms with Gasteiger partial charge in [0.25, 0.3) is 0 Å². The molecule has 0 aromatic carbocycles. The van der Waals surface area contributed by atoms with E-state index in [0.717, 1.165) is 19.3 Å². The van der Waals surface area contributed by atoms with Crippen LogP contribution in [0.4, 0.5) is 0 Å². The Hall–Kier alpha value is -0.620. The highest BCUT2D eigenvalue weighted by atomic mass is 32.2. The predicted octanol–water partition coefficient (Wildman–Crippen LogP) is 1.35. The van der Waals surface area contributed by atoms with E-state index in [4.69, 9.17) is 5.11 Å². The Balaban J connectivity index is 2.73. The van der Waals surface area contributed by atoms with Crippen LogP contribution >= 0.6 is 0 Å². The second-order valence-corrected chi connectivity index (χ2v) is 6.98. The topological polar surface area (TPSA) is 83.5 Å². The molecule has 1 fully saturated rings. The molecule has 6 heteroatoms. The van der Waals surface area contributed by atoms with Gasteiger partial charge in [0, 0.05) is 0 Å². The lowest BCUT2D eigenvalue weighted by atomic mass is 10.0. The highest BCUT2D eigenvalue weighted by Crippen LogP contribution is 2.23. The maximum Gasteiger partial charge on any atom is 0.321 e. The van der Waals surface area contributed by atoms with E-state index in [9.17, 15) is 13.2 Å². The highest BCUT2D eigenvalue weighted by Gasteiger charge is 2.33. The zero-order valence-corrected chi connectivity index (χ0v) is 11.2. The van der Waals surface area contributed by atoms with Crippen molar-refractivity contribution in [3.63, 3.8) is 0 Å². The van der Waals surface area contributed by atoms with Crippen molar-refractivity contribution in [2.24, 2.45) is 5.92 Å². The van der Waals surface area contributed by atoms with E-state index in [1.807, 2.05) is 0 Å². The van der Waals surface area contributed by atoms with Gasteiger partial charge in [0.05, 0.1) is 5.25 Å². The summed E-state index contributed by atoms with van der Waals surface area (Å²) >= 11 is 0. The molecule has 0 aromatic rings. The van der Waals surface area contributed by atoms with E-state index in [1.54, 1.807) is 13.8 Å². The van der Waals surface area contributed by atoms with Crippen molar-refractivity contribution in [1.82, 2.24) is 4.72 Å². The summed E-state index contributed by atoms with van der Waals surface area (Å²) in [6.07, 6.45) is 4.16. The van der Waals surface area contributed by atoms with Crippen LogP contribution in [0.3, 0.4) is 0 Å². The van der Waals surface area contributed by atoms with Crippen molar-refractivity contribution in [2.75, 3.05) is 0 Å². The fraction of sp³-hybridized carbons (Fsp3) is 0.909. The van der Waals surface area contributed by atoms with Gasteiger partial charge < -0.3 is 5.11 Å². The van der Waals surface area contributed by atoms with Gasteiger partial charge in [-0.3, -0.25) is 4.79 Å². The molecule has 0 radical (unpaired) electrons. The fourth-order valence-corrected chi connectivity index (χ4v) is 3.99. The summed E-state index contributed by atoms with van der Waals surface area (Å²) in [6, 6.07) is -1.03. The highest BCUT2D eigenvalue weighted by molar-refractivity contribution is 7.90. The molecule has 0 aliphatic heterocycles. The lowest BCUT2D eigenvalue weighted by Crippen LogP contribution is -2.48. The van der Waals surface area contributed by atoms with Crippen molar-refractivity contribution < 1.29 is 18.3 Å². The molecule has 0 aromatic heterocycles. The molecule has 0 spiro atoms. The third kappa shape index (κ3) is 3.96. The van der Waals surface area contributed by atoms with Gasteiger partial charge in [-0.25, -0.2) is 13.1 Å². The van der Waals surface area contributed by atoms with E-state index in [2.05, 4.69) is 4.72 Å². The zero-order valence-electron chi connectivity index (χ0n) is 10.3. The maximum atomic E-state index is 12.0. The van der Waals surface area contributed by atoms with Gasteiger partial charge in [0.1, 0.15) is 6.04 Å². The molecule has 0 saturated heterocycles. The van der Waals surface area contributed by atoms with Crippen LogP contribution in [0.15, 0.2) is 0 Å². The Labute approximate surface area is 103 Å². The average molecular weight is 263 g/mol. The molecule has 1 aliphatic carbocycles. The van der Waals surface area contributed by atoms with Crippen LogP contribution in [0, 0.1) is 5.92 Å². The van der Waals surface area contributed by atoms with Crippen LogP contribution < -0.4 is 4.72 Å². The van der Waals surface area contributed by atoms with Gasteiger partial charge in [-0.05, 0) is 18.8 Å². The molecule has 0 heterocycles. The molecule has 1 atom stereocenters. The van der Waals surface area contributed by atoms with Gasteiger partial charge in [0.2, 0.25) is 10.0 Å². The first-order valence-corrected chi connectivity index (χ1v) is 7.63. The van der Waals surface area contributed by atoms with E-state index < -0.39 is 27.3 Å². The van der Waals surface area contributed by atoms with Gasteiger partial charge in [-0.15, -0.1) is 0 Å². The summed E-state index contributed by atoms with van der Waals surface area (Å²) in [6.45, 7) is 3.39. The first kappa shape index (κ1) is 14.4. The zero-order chi connectivity index (χ0) is 13.1. The molecule has 0 amide bonds. The summed E-state index contributed by atoms with van der Waals surface area (Å²) in [5.74, 6) is -1.37.